The fourth-order valence-electron chi connectivity index (χ4n) is 8.28. The van der Waals surface area contributed by atoms with Crippen LogP contribution < -0.4 is 0 Å². The Balaban J connectivity index is 1.30. The molecule has 2 aromatic rings. The summed E-state index contributed by atoms with van der Waals surface area (Å²) in [6.45, 7) is 12.1. The zero-order valence-corrected chi connectivity index (χ0v) is 27.5. The fraction of sp³-hybridized carbons (Fsp3) is 0.405. The lowest BCUT2D eigenvalue weighted by Gasteiger charge is -2.45. The fourth-order valence-corrected chi connectivity index (χ4v) is 8.56. The number of nitrogens with zero attached hydrogens (tertiary/aromatic N) is 6. The van der Waals surface area contributed by atoms with E-state index in [1.807, 2.05) is 35.2 Å². The molecule has 49 heavy (non-hydrogen) atoms. The lowest BCUT2D eigenvalue weighted by atomic mass is 9.81. The largest absolute Gasteiger partial charge is 0.475 e. The van der Waals surface area contributed by atoms with E-state index in [0.717, 1.165) is 24.8 Å². The van der Waals surface area contributed by atoms with Crippen molar-refractivity contribution in [3.05, 3.63) is 100 Å². The van der Waals surface area contributed by atoms with E-state index in [9.17, 15) is 18.8 Å². The molecule has 0 radical (unpaired) electrons. The van der Waals surface area contributed by atoms with E-state index in [2.05, 4.69) is 22.4 Å². The van der Waals surface area contributed by atoms with Gasteiger partial charge in [-0.05, 0) is 36.4 Å². The number of piperazine rings is 1. The van der Waals surface area contributed by atoms with Gasteiger partial charge in [0.05, 0.1) is 5.54 Å². The van der Waals surface area contributed by atoms with Crippen LogP contribution in [0.1, 0.15) is 24.8 Å². The monoisotopic (exact) mass is 686 g/mol. The average Bonchev–Trinajstić information content (AvgIpc) is 3.62. The number of carbonyl (C=O) groups excluding carboxylic acids is 1. The van der Waals surface area contributed by atoms with Crippen molar-refractivity contribution in [3.8, 4) is 6.07 Å². The van der Waals surface area contributed by atoms with Crippen molar-refractivity contribution >= 4 is 39.8 Å². The number of nitriles is 1. The molecule has 3 fully saturated rings. The summed E-state index contributed by atoms with van der Waals surface area (Å²) in [5.74, 6) is -3.28. The summed E-state index contributed by atoms with van der Waals surface area (Å²) in [5.41, 5.74) is 0.938. The molecule has 5 atom stereocenters. The maximum Gasteiger partial charge on any atom is 0.282 e. The molecule has 4 aliphatic heterocycles. The number of carbonyl (C=O) groups is 1. The molecule has 3 saturated heterocycles. The Labute approximate surface area is 287 Å². The maximum absolute atomic E-state index is 17.0. The Bertz CT molecular complexity index is 1940. The first-order valence-electron chi connectivity index (χ1n) is 16.4. The number of ether oxygens (including phenoxy) is 1. The minimum atomic E-state index is -1.12. The Morgan fingerprint density at radius 2 is 2.02 bits per heavy atom. The highest BCUT2D eigenvalue weighted by molar-refractivity contribution is 6.36. The van der Waals surface area contributed by atoms with Gasteiger partial charge < -0.3 is 19.4 Å². The van der Waals surface area contributed by atoms with Gasteiger partial charge in [0.1, 0.15) is 42.3 Å². The number of benzene rings is 2. The third kappa shape index (κ3) is 5.69. The topological polar surface area (TPSA) is 76.5 Å². The molecule has 252 valence electrons. The van der Waals surface area contributed by atoms with Crippen LogP contribution in [0.5, 0.6) is 0 Å². The number of amides is 1. The van der Waals surface area contributed by atoms with Crippen molar-refractivity contribution in [2.75, 3.05) is 45.9 Å². The van der Waals surface area contributed by atoms with Crippen LogP contribution in [0, 0.1) is 23.8 Å². The van der Waals surface area contributed by atoms with Gasteiger partial charge in [-0.2, -0.15) is 5.26 Å². The Hall–Kier alpha value is -4.58. The smallest absolute Gasteiger partial charge is 0.282 e. The molecule has 0 saturated carbocycles. The minimum absolute atomic E-state index is 0.0274. The van der Waals surface area contributed by atoms with Gasteiger partial charge in [-0.3, -0.25) is 9.69 Å². The van der Waals surface area contributed by atoms with Crippen molar-refractivity contribution in [1.29, 1.82) is 5.26 Å². The Kier molecular flexibility index (Phi) is 8.76. The Morgan fingerprint density at radius 1 is 1.22 bits per heavy atom. The van der Waals surface area contributed by atoms with Crippen molar-refractivity contribution in [3.63, 3.8) is 0 Å². The van der Waals surface area contributed by atoms with Gasteiger partial charge in [0.25, 0.3) is 5.91 Å². The maximum atomic E-state index is 17.0. The van der Waals surface area contributed by atoms with Crippen LogP contribution in [0.4, 0.5) is 13.2 Å². The van der Waals surface area contributed by atoms with Crippen LogP contribution in [0.2, 0.25) is 5.02 Å². The molecule has 1 aliphatic carbocycles. The van der Waals surface area contributed by atoms with Gasteiger partial charge in [-0.25, -0.2) is 24.7 Å². The molecule has 4 heterocycles. The summed E-state index contributed by atoms with van der Waals surface area (Å²) in [7, 11) is 0. The zero-order chi connectivity index (χ0) is 34.4. The molecule has 2 aromatic carbocycles. The van der Waals surface area contributed by atoms with Crippen molar-refractivity contribution < 1.29 is 22.7 Å². The molecule has 5 aliphatic rings. The normalized spacial score (nSPS) is 28.2. The van der Waals surface area contributed by atoms with Gasteiger partial charge in [0, 0.05) is 60.2 Å². The molecule has 0 bridgehead atoms. The number of hydrogen-bond acceptors (Lipinski definition) is 6. The van der Waals surface area contributed by atoms with Gasteiger partial charge in [-0.15, -0.1) is 0 Å². The summed E-state index contributed by atoms with van der Waals surface area (Å²) in [5, 5.41) is 12.6. The van der Waals surface area contributed by atoms with E-state index in [1.54, 1.807) is 18.2 Å². The molecule has 12 heteroatoms. The van der Waals surface area contributed by atoms with Gasteiger partial charge in [0.15, 0.2) is 5.83 Å². The molecule has 2 unspecified atom stereocenters. The summed E-state index contributed by atoms with van der Waals surface area (Å²) in [4.78, 5) is 26.1. The first-order valence-corrected chi connectivity index (χ1v) is 16.8. The second-order valence-electron chi connectivity index (χ2n) is 13.2. The van der Waals surface area contributed by atoms with E-state index in [-0.39, 0.29) is 44.3 Å². The molecule has 8 nitrogen and oxygen atoms in total. The molecule has 1 amide bonds. The van der Waals surface area contributed by atoms with E-state index < -0.39 is 47.3 Å². The SMILES string of the molecule is [C-]#[N+]C[C@H]1CN(C2=C(C#N)C(OC[C@@]34CCCN3C[C@H](F)C4)=NC3C(F)=C(c4cccc5cccc(Cl)c45)C=CC23)CCN1C(=O)C(=C)F. The number of allylic oxidation sites excluding steroid dienone is 2. The quantitative estimate of drug-likeness (QED) is 0.259. The number of alkyl halides is 1. The molecular weight excluding hydrogens is 653 g/mol. The summed E-state index contributed by atoms with van der Waals surface area (Å²) in [6.07, 6.45) is 4.46. The number of dihydropyridines is 1. The standard InChI is InChI=1S/C37H34ClF3N6O2/c1-22(39)36(48)47-15-14-45(20-25(47)18-43-2)34-28-11-10-27(26-8-3-6-23-7-4-9-30(38)31(23)26)32(41)33(28)44-35(29(34)17-42)49-21-37-12-5-13-46(37)19-24(40)16-37/h3-4,6-11,24-25,28,33H,1,5,12-16,18-21H2/t24-,25+,28?,33?,37+/m1/s1. The highest BCUT2D eigenvalue weighted by atomic mass is 35.5. The van der Waals surface area contributed by atoms with Gasteiger partial charge >= 0.3 is 0 Å². The van der Waals surface area contributed by atoms with Gasteiger partial charge in [0.2, 0.25) is 12.4 Å². The molecule has 7 rings (SSSR count). The molecule has 0 aromatic heterocycles. The van der Waals surface area contributed by atoms with Gasteiger partial charge in [-0.1, -0.05) is 60.7 Å². The highest BCUT2D eigenvalue weighted by Gasteiger charge is 2.50. The van der Waals surface area contributed by atoms with Crippen LogP contribution in [-0.4, -0.2) is 96.2 Å². The molecule has 0 spiro atoms. The van der Waals surface area contributed by atoms with Crippen LogP contribution in [0.3, 0.4) is 0 Å². The van der Waals surface area contributed by atoms with Crippen molar-refractivity contribution in [1.82, 2.24) is 14.7 Å². The number of hydrogen-bond donors (Lipinski definition) is 0. The number of fused-ring (bicyclic) bond motifs is 3. The Morgan fingerprint density at radius 3 is 2.78 bits per heavy atom. The number of rotatable bonds is 6. The lowest BCUT2D eigenvalue weighted by Crippen LogP contribution is -2.57. The van der Waals surface area contributed by atoms with E-state index >= 15 is 4.39 Å². The summed E-state index contributed by atoms with van der Waals surface area (Å²) >= 11 is 6.63. The first-order chi connectivity index (χ1) is 23.7. The van der Waals surface area contributed by atoms with Crippen molar-refractivity contribution in [2.45, 2.75) is 43.1 Å². The van der Waals surface area contributed by atoms with Crippen LogP contribution in [-0.2, 0) is 9.53 Å². The van der Waals surface area contributed by atoms with E-state index in [4.69, 9.17) is 27.9 Å². The van der Waals surface area contributed by atoms with Crippen LogP contribution >= 0.6 is 11.6 Å². The van der Waals surface area contributed by atoms with E-state index in [1.165, 1.54) is 4.90 Å². The first kappa shape index (κ1) is 32.9. The predicted molar refractivity (Wildman–Crippen MR) is 181 cm³/mol. The minimum Gasteiger partial charge on any atom is -0.475 e. The number of aliphatic imine (C=N–C) groups is 1. The van der Waals surface area contributed by atoms with Crippen LogP contribution in [0.25, 0.3) is 21.2 Å². The van der Waals surface area contributed by atoms with E-state index in [0.29, 0.717) is 40.2 Å². The molecular formula is C37H34ClF3N6O2. The second kappa shape index (κ2) is 13.0. The predicted octanol–water partition coefficient (Wildman–Crippen LogP) is 6.43. The molecule has 0 N–H and O–H groups in total. The second-order valence-corrected chi connectivity index (χ2v) is 13.7. The van der Waals surface area contributed by atoms with Crippen molar-refractivity contribution in [2.24, 2.45) is 10.9 Å². The zero-order valence-electron chi connectivity index (χ0n) is 26.7. The highest BCUT2D eigenvalue weighted by Crippen LogP contribution is 2.45. The summed E-state index contributed by atoms with van der Waals surface area (Å²) < 4.78 is 52.0. The number of halogens is 4. The third-order valence-electron chi connectivity index (χ3n) is 10.5. The van der Waals surface area contributed by atoms with Crippen LogP contribution in [0.15, 0.2) is 83.0 Å². The average molecular weight is 687 g/mol. The summed E-state index contributed by atoms with van der Waals surface area (Å²) in [6, 6.07) is 11.5. The lowest BCUT2D eigenvalue weighted by molar-refractivity contribution is -0.132. The third-order valence-corrected chi connectivity index (χ3v) is 10.8.